The first-order valence-electron chi connectivity index (χ1n) is 9.29. The van der Waals surface area contributed by atoms with Crippen LogP contribution in [0.4, 0.5) is 5.69 Å². The number of carbonyl (C=O) groups is 1. The van der Waals surface area contributed by atoms with E-state index in [1.807, 2.05) is 18.2 Å². The van der Waals surface area contributed by atoms with Gasteiger partial charge in [-0.1, -0.05) is 47.5 Å². The average molecular weight is 374 g/mol. The van der Waals surface area contributed by atoms with Gasteiger partial charge in [0.05, 0.1) is 10.7 Å². The van der Waals surface area contributed by atoms with Crippen molar-refractivity contribution in [2.75, 3.05) is 38.0 Å². The summed E-state index contributed by atoms with van der Waals surface area (Å²) >= 11 is 6.11. The van der Waals surface area contributed by atoms with E-state index in [4.69, 9.17) is 11.6 Å². The molecule has 26 heavy (non-hydrogen) atoms. The van der Waals surface area contributed by atoms with Gasteiger partial charge in [-0.25, -0.2) is 0 Å². The summed E-state index contributed by atoms with van der Waals surface area (Å²) < 4.78 is 0. The number of benzene rings is 2. The molecule has 138 valence electrons. The van der Waals surface area contributed by atoms with E-state index in [-0.39, 0.29) is 5.91 Å². The maximum absolute atomic E-state index is 12.3. The molecule has 3 N–H and O–H groups in total. The van der Waals surface area contributed by atoms with Gasteiger partial charge in [0.1, 0.15) is 32.7 Å². The van der Waals surface area contributed by atoms with E-state index in [2.05, 4.69) is 37.4 Å². The van der Waals surface area contributed by atoms with Crippen LogP contribution in [0.1, 0.15) is 16.7 Å². The molecule has 1 aliphatic heterocycles. The molecule has 1 amide bonds. The predicted octanol–water partition coefficient (Wildman–Crippen LogP) is 0.879. The fourth-order valence-electron chi connectivity index (χ4n) is 3.55. The Morgan fingerprint density at radius 3 is 2.46 bits per heavy atom. The quantitative estimate of drug-likeness (QED) is 0.715. The Kier molecular flexibility index (Phi) is 6.30. The van der Waals surface area contributed by atoms with Crippen LogP contribution >= 0.6 is 11.6 Å². The Labute approximate surface area is 160 Å². The van der Waals surface area contributed by atoms with Crippen molar-refractivity contribution >= 4 is 23.2 Å². The van der Waals surface area contributed by atoms with Gasteiger partial charge in [-0.3, -0.25) is 4.79 Å². The van der Waals surface area contributed by atoms with Crippen LogP contribution in [-0.2, 0) is 11.3 Å². The fourth-order valence-corrected chi connectivity index (χ4v) is 3.74. The van der Waals surface area contributed by atoms with E-state index in [0.29, 0.717) is 17.3 Å². The van der Waals surface area contributed by atoms with Gasteiger partial charge in [-0.2, -0.15) is 0 Å². The van der Waals surface area contributed by atoms with Crippen LogP contribution in [-0.4, -0.2) is 38.6 Å². The van der Waals surface area contributed by atoms with Crippen molar-refractivity contribution in [2.24, 2.45) is 0 Å². The van der Waals surface area contributed by atoms with Crippen LogP contribution in [0.2, 0.25) is 5.02 Å². The van der Waals surface area contributed by atoms with Crippen molar-refractivity contribution in [1.82, 2.24) is 0 Å². The lowest BCUT2D eigenvalue weighted by atomic mass is 10.0. The van der Waals surface area contributed by atoms with Gasteiger partial charge in [0.25, 0.3) is 5.91 Å². The van der Waals surface area contributed by atoms with Crippen LogP contribution < -0.4 is 15.1 Å². The Hall–Kier alpha value is -1.88. The van der Waals surface area contributed by atoms with E-state index >= 15 is 0 Å². The Bertz CT molecular complexity index is 770. The lowest BCUT2D eigenvalue weighted by molar-refractivity contribution is -1.02. The highest BCUT2D eigenvalue weighted by molar-refractivity contribution is 6.33. The summed E-state index contributed by atoms with van der Waals surface area (Å²) in [6.07, 6.45) is 0. The molecule has 1 heterocycles. The zero-order valence-corrected chi connectivity index (χ0v) is 16.3. The Morgan fingerprint density at radius 2 is 1.73 bits per heavy atom. The summed E-state index contributed by atoms with van der Waals surface area (Å²) in [5.74, 6) is 0.0334. The third kappa shape index (κ3) is 5.07. The SMILES string of the molecule is Cc1ccc(C)c(C[NH+]2CC[NH+](CC(=O)Nc3ccccc3Cl)CC2)c1. The number of para-hydroxylation sites is 1. The topological polar surface area (TPSA) is 38.0 Å². The largest absolute Gasteiger partial charge is 0.322 e. The molecule has 0 aromatic heterocycles. The number of hydrogen-bond donors (Lipinski definition) is 3. The van der Waals surface area contributed by atoms with Crippen LogP contribution in [0.3, 0.4) is 0 Å². The van der Waals surface area contributed by atoms with Crippen molar-refractivity contribution < 1.29 is 14.6 Å². The van der Waals surface area contributed by atoms with Crippen molar-refractivity contribution in [1.29, 1.82) is 0 Å². The van der Waals surface area contributed by atoms with E-state index in [1.54, 1.807) is 11.0 Å². The lowest BCUT2D eigenvalue weighted by Gasteiger charge is -2.29. The smallest absolute Gasteiger partial charge is 0.279 e. The number of hydrogen-bond acceptors (Lipinski definition) is 1. The molecule has 1 saturated heterocycles. The van der Waals surface area contributed by atoms with Crippen molar-refractivity contribution in [2.45, 2.75) is 20.4 Å². The number of piperazine rings is 1. The third-order valence-corrected chi connectivity index (χ3v) is 5.50. The zero-order valence-electron chi connectivity index (χ0n) is 15.6. The van der Waals surface area contributed by atoms with Gasteiger partial charge >= 0.3 is 0 Å². The molecule has 0 bridgehead atoms. The second-order valence-corrected chi connectivity index (χ2v) is 7.72. The molecule has 0 atom stereocenters. The number of amides is 1. The van der Waals surface area contributed by atoms with Crippen LogP contribution in [0.25, 0.3) is 0 Å². The van der Waals surface area contributed by atoms with Crippen LogP contribution in [0.5, 0.6) is 0 Å². The van der Waals surface area contributed by atoms with E-state index in [9.17, 15) is 4.79 Å². The molecule has 5 heteroatoms. The van der Waals surface area contributed by atoms with Crippen LogP contribution in [0, 0.1) is 13.8 Å². The van der Waals surface area contributed by atoms with Crippen molar-refractivity contribution in [3.63, 3.8) is 0 Å². The molecule has 0 spiro atoms. The van der Waals surface area contributed by atoms with Gasteiger partial charge < -0.3 is 15.1 Å². The number of nitrogens with one attached hydrogen (secondary N) is 3. The molecule has 0 unspecified atom stereocenters. The highest BCUT2D eigenvalue weighted by Crippen LogP contribution is 2.19. The zero-order chi connectivity index (χ0) is 18.5. The van der Waals surface area contributed by atoms with E-state index in [1.165, 1.54) is 21.6 Å². The van der Waals surface area contributed by atoms with E-state index in [0.717, 1.165) is 32.7 Å². The number of carbonyl (C=O) groups excluding carboxylic acids is 1. The molecule has 0 saturated carbocycles. The first-order valence-corrected chi connectivity index (χ1v) is 9.66. The molecular formula is C21H28ClN3O+2. The molecule has 0 aliphatic carbocycles. The highest BCUT2D eigenvalue weighted by Gasteiger charge is 2.25. The minimum atomic E-state index is 0.0334. The van der Waals surface area contributed by atoms with Crippen LogP contribution in [0.15, 0.2) is 42.5 Å². The molecule has 1 fully saturated rings. The minimum Gasteiger partial charge on any atom is -0.322 e. The summed E-state index contributed by atoms with van der Waals surface area (Å²) in [5, 5.41) is 3.51. The van der Waals surface area contributed by atoms with Gasteiger partial charge in [0.2, 0.25) is 0 Å². The molecule has 3 rings (SSSR count). The van der Waals surface area contributed by atoms with Crippen molar-refractivity contribution in [3.05, 3.63) is 64.2 Å². The predicted molar refractivity (Wildman–Crippen MR) is 106 cm³/mol. The summed E-state index contributed by atoms with van der Waals surface area (Å²) in [7, 11) is 0. The lowest BCUT2D eigenvalue weighted by Crippen LogP contribution is -3.28. The molecule has 0 radical (unpaired) electrons. The molecule has 2 aromatic rings. The Morgan fingerprint density at radius 1 is 1.04 bits per heavy atom. The summed E-state index contributed by atoms with van der Waals surface area (Å²) in [5.41, 5.74) is 4.83. The monoisotopic (exact) mass is 373 g/mol. The average Bonchev–Trinajstić information content (AvgIpc) is 2.62. The number of halogens is 1. The first kappa shape index (κ1) is 18.9. The molecule has 1 aliphatic rings. The standard InChI is InChI=1S/C21H26ClN3O/c1-16-7-8-17(2)18(13-16)14-24-9-11-25(12-10-24)15-21(26)23-20-6-4-3-5-19(20)22/h3-8,13H,9-12,14-15H2,1-2H3,(H,23,26)/p+2. The maximum atomic E-state index is 12.3. The minimum absolute atomic E-state index is 0.0334. The number of anilines is 1. The summed E-state index contributed by atoms with van der Waals surface area (Å²) in [6, 6.07) is 14.1. The maximum Gasteiger partial charge on any atom is 0.279 e. The van der Waals surface area contributed by atoms with E-state index < -0.39 is 0 Å². The van der Waals surface area contributed by atoms with Gasteiger partial charge in [0.15, 0.2) is 6.54 Å². The number of rotatable bonds is 5. The summed E-state index contributed by atoms with van der Waals surface area (Å²) in [4.78, 5) is 15.2. The third-order valence-electron chi connectivity index (χ3n) is 5.17. The molecule has 4 nitrogen and oxygen atoms in total. The highest BCUT2D eigenvalue weighted by atomic mass is 35.5. The second-order valence-electron chi connectivity index (χ2n) is 7.31. The molecule has 2 aromatic carbocycles. The summed E-state index contributed by atoms with van der Waals surface area (Å²) in [6.45, 7) is 10.2. The Balaban J connectivity index is 1.47. The second kappa shape index (κ2) is 8.67. The fraction of sp³-hybridized carbons (Fsp3) is 0.381. The normalized spacial score (nSPS) is 20.0. The van der Waals surface area contributed by atoms with Gasteiger partial charge in [-0.15, -0.1) is 0 Å². The number of aryl methyl sites for hydroxylation is 2. The van der Waals surface area contributed by atoms with Gasteiger partial charge in [-0.05, 0) is 31.5 Å². The van der Waals surface area contributed by atoms with Gasteiger partial charge in [0, 0.05) is 5.56 Å². The van der Waals surface area contributed by atoms with Crippen molar-refractivity contribution in [3.8, 4) is 0 Å². The number of quaternary nitrogens is 2. The molecular weight excluding hydrogens is 346 g/mol. The first-order chi connectivity index (χ1) is 12.5.